The van der Waals surface area contributed by atoms with Gasteiger partial charge in [-0.2, -0.15) is 0 Å². The third kappa shape index (κ3) is 5.21. The highest BCUT2D eigenvalue weighted by Gasteiger charge is 2.35. The van der Waals surface area contributed by atoms with Gasteiger partial charge in [-0.25, -0.2) is 4.79 Å². The van der Waals surface area contributed by atoms with Crippen molar-refractivity contribution in [2.24, 2.45) is 5.41 Å². The van der Waals surface area contributed by atoms with E-state index in [1.807, 2.05) is 31.2 Å². The quantitative estimate of drug-likeness (QED) is 0.718. The van der Waals surface area contributed by atoms with Crippen LogP contribution in [-0.2, 0) is 17.9 Å². The number of hydrogen-bond acceptors (Lipinski definition) is 3. The molecule has 0 bridgehead atoms. The van der Waals surface area contributed by atoms with Crippen molar-refractivity contribution in [3.05, 3.63) is 35.4 Å². The highest BCUT2D eigenvalue weighted by atomic mass is 16.5. The van der Waals surface area contributed by atoms with Crippen LogP contribution >= 0.6 is 0 Å². The first-order valence-corrected chi connectivity index (χ1v) is 8.89. The van der Waals surface area contributed by atoms with E-state index < -0.39 is 0 Å². The zero-order chi connectivity index (χ0) is 17.4. The largest absolute Gasteiger partial charge is 0.392 e. The molecule has 1 saturated carbocycles. The highest BCUT2D eigenvalue weighted by molar-refractivity contribution is 5.73. The second kappa shape index (κ2) is 9.04. The van der Waals surface area contributed by atoms with Crippen LogP contribution in [-0.4, -0.2) is 30.4 Å². The Morgan fingerprint density at radius 3 is 2.75 bits per heavy atom. The maximum atomic E-state index is 12.1. The van der Waals surface area contributed by atoms with Gasteiger partial charge >= 0.3 is 6.03 Å². The molecule has 1 aliphatic rings. The molecule has 0 saturated heterocycles. The van der Waals surface area contributed by atoms with Crippen LogP contribution in [0.25, 0.3) is 0 Å². The minimum atomic E-state index is -0.335. The van der Waals surface area contributed by atoms with Gasteiger partial charge in [0, 0.05) is 25.1 Å². The molecule has 0 spiro atoms. The van der Waals surface area contributed by atoms with Gasteiger partial charge in [0.15, 0.2) is 0 Å². The van der Waals surface area contributed by atoms with Crippen LogP contribution in [0.1, 0.15) is 50.7 Å². The molecule has 0 radical (unpaired) electrons. The molecule has 0 aromatic heterocycles. The van der Waals surface area contributed by atoms with Gasteiger partial charge < -0.3 is 20.5 Å². The van der Waals surface area contributed by atoms with E-state index in [-0.39, 0.29) is 17.6 Å². The Morgan fingerprint density at radius 1 is 1.29 bits per heavy atom. The predicted octanol–water partition coefficient (Wildman–Crippen LogP) is 2.96. The summed E-state index contributed by atoms with van der Waals surface area (Å²) in [6, 6.07) is 7.76. The first kappa shape index (κ1) is 18.7. The number of carbonyl (C=O) groups is 1. The average Bonchev–Trinajstić information content (AvgIpc) is 2.60. The van der Waals surface area contributed by atoms with Gasteiger partial charge in [-0.15, -0.1) is 0 Å². The third-order valence-electron chi connectivity index (χ3n) is 4.95. The van der Waals surface area contributed by atoms with E-state index in [1.54, 1.807) is 0 Å². The topological polar surface area (TPSA) is 70.6 Å². The maximum Gasteiger partial charge on any atom is 0.315 e. The van der Waals surface area contributed by atoms with E-state index >= 15 is 0 Å². The molecule has 1 aromatic carbocycles. The van der Waals surface area contributed by atoms with Crippen molar-refractivity contribution in [1.82, 2.24) is 10.6 Å². The van der Waals surface area contributed by atoms with E-state index in [0.29, 0.717) is 26.3 Å². The molecule has 1 aliphatic carbocycles. The lowest BCUT2D eigenvalue weighted by molar-refractivity contribution is 0.00308. The summed E-state index contributed by atoms with van der Waals surface area (Å²) >= 11 is 0. The number of hydrogen-bond donors (Lipinski definition) is 3. The summed E-state index contributed by atoms with van der Waals surface area (Å²) in [5, 5.41) is 16.0. The van der Waals surface area contributed by atoms with Crippen molar-refractivity contribution in [3.63, 3.8) is 0 Å². The number of carbonyl (C=O) groups excluding carboxylic acids is 1. The fraction of sp³-hybridized carbons (Fsp3) is 0.632. The van der Waals surface area contributed by atoms with E-state index in [4.69, 9.17) is 4.74 Å². The minimum absolute atomic E-state index is 0.194. The lowest BCUT2D eigenvalue weighted by Crippen LogP contribution is -2.47. The van der Waals surface area contributed by atoms with Crippen LogP contribution in [0.4, 0.5) is 4.79 Å². The number of benzene rings is 1. The Balaban J connectivity index is 1.81. The fourth-order valence-electron chi connectivity index (χ4n) is 3.19. The van der Waals surface area contributed by atoms with Crippen LogP contribution in [0.5, 0.6) is 0 Å². The Kier molecular flexibility index (Phi) is 7.06. The van der Waals surface area contributed by atoms with Gasteiger partial charge in [0.25, 0.3) is 0 Å². The first-order valence-electron chi connectivity index (χ1n) is 8.89. The van der Waals surface area contributed by atoms with Crippen LogP contribution in [0.2, 0.25) is 0 Å². The van der Waals surface area contributed by atoms with Gasteiger partial charge in [0.2, 0.25) is 0 Å². The van der Waals surface area contributed by atoms with Crippen molar-refractivity contribution >= 4 is 6.03 Å². The Morgan fingerprint density at radius 2 is 2.04 bits per heavy atom. The molecule has 2 unspecified atom stereocenters. The maximum absolute atomic E-state index is 12.1. The van der Waals surface area contributed by atoms with Crippen molar-refractivity contribution in [2.45, 2.75) is 58.8 Å². The average molecular weight is 334 g/mol. The number of urea groups is 1. The van der Waals surface area contributed by atoms with Crippen LogP contribution < -0.4 is 10.6 Å². The second-order valence-electron chi connectivity index (χ2n) is 6.86. The smallest absolute Gasteiger partial charge is 0.315 e. The molecule has 2 rings (SSSR count). The molecule has 2 atom stereocenters. The molecule has 24 heavy (non-hydrogen) atoms. The van der Waals surface area contributed by atoms with Crippen molar-refractivity contribution in [3.8, 4) is 0 Å². The van der Waals surface area contributed by atoms with Crippen LogP contribution in [0, 0.1) is 5.41 Å². The number of ether oxygens (including phenoxy) is 1. The monoisotopic (exact) mass is 334 g/mol. The van der Waals surface area contributed by atoms with Gasteiger partial charge in [0.1, 0.15) is 0 Å². The Labute approximate surface area is 144 Å². The summed E-state index contributed by atoms with van der Waals surface area (Å²) in [4.78, 5) is 12.1. The van der Waals surface area contributed by atoms with Gasteiger partial charge in [-0.05, 0) is 30.9 Å². The number of aliphatic hydroxyl groups excluding tert-OH is 1. The molecule has 1 aromatic rings. The lowest BCUT2D eigenvalue weighted by Gasteiger charge is -2.38. The van der Waals surface area contributed by atoms with Gasteiger partial charge in [0.05, 0.1) is 12.7 Å². The van der Waals surface area contributed by atoms with E-state index in [0.717, 1.165) is 36.8 Å². The van der Waals surface area contributed by atoms with Gasteiger partial charge in [-0.1, -0.05) is 44.0 Å². The van der Waals surface area contributed by atoms with E-state index in [2.05, 4.69) is 17.6 Å². The highest BCUT2D eigenvalue weighted by Crippen LogP contribution is 2.35. The lowest BCUT2D eigenvalue weighted by atomic mass is 9.73. The van der Waals surface area contributed by atoms with Gasteiger partial charge in [-0.3, -0.25) is 0 Å². The molecule has 1 fully saturated rings. The normalized spacial score (nSPS) is 23.7. The summed E-state index contributed by atoms with van der Waals surface area (Å²) in [7, 11) is 0. The van der Waals surface area contributed by atoms with E-state index in [9.17, 15) is 9.90 Å². The van der Waals surface area contributed by atoms with E-state index in [1.165, 1.54) is 0 Å². The number of aliphatic hydroxyl groups is 1. The van der Waals surface area contributed by atoms with Crippen molar-refractivity contribution in [1.29, 1.82) is 0 Å². The molecule has 134 valence electrons. The standard InChI is InChI=1S/C19H30N2O3/c1-3-24-13-16-9-5-4-8-15(16)12-20-18(23)21-14-19(2)11-7-6-10-17(19)22/h4-5,8-9,17,22H,3,6-7,10-14H2,1-2H3,(H2,20,21,23). The Bertz CT molecular complexity index is 535. The summed E-state index contributed by atoms with van der Waals surface area (Å²) in [6.07, 6.45) is 3.62. The molecular formula is C19H30N2O3. The summed E-state index contributed by atoms with van der Waals surface area (Å²) in [5.74, 6) is 0. The molecule has 0 heterocycles. The molecule has 3 N–H and O–H groups in total. The first-order chi connectivity index (χ1) is 11.5. The molecule has 5 heteroatoms. The SMILES string of the molecule is CCOCc1ccccc1CNC(=O)NCC1(C)CCCCC1O. The van der Waals surface area contributed by atoms with Crippen LogP contribution in [0.15, 0.2) is 24.3 Å². The fourth-order valence-corrected chi connectivity index (χ4v) is 3.19. The summed E-state index contributed by atoms with van der Waals surface area (Å²) in [6.45, 7) is 6.21. The number of rotatable bonds is 7. The summed E-state index contributed by atoms with van der Waals surface area (Å²) in [5.41, 5.74) is 1.93. The van der Waals surface area contributed by atoms with Crippen molar-refractivity contribution < 1.29 is 14.6 Å². The van der Waals surface area contributed by atoms with Crippen molar-refractivity contribution in [2.75, 3.05) is 13.2 Å². The zero-order valence-corrected chi connectivity index (χ0v) is 14.8. The number of amides is 2. The minimum Gasteiger partial charge on any atom is -0.392 e. The third-order valence-corrected chi connectivity index (χ3v) is 4.95. The molecule has 2 amide bonds. The zero-order valence-electron chi connectivity index (χ0n) is 14.8. The Hall–Kier alpha value is -1.59. The summed E-state index contributed by atoms with van der Waals surface area (Å²) < 4.78 is 5.46. The second-order valence-corrected chi connectivity index (χ2v) is 6.86. The molecule has 0 aliphatic heterocycles. The number of nitrogens with one attached hydrogen (secondary N) is 2. The molecular weight excluding hydrogens is 304 g/mol. The van der Waals surface area contributed by atoms with Crippen LogP contribution in [0.3, 0.4) is 0 Å². The predicted molar refractivity (Wildman–Crippen MR) is 94.6 cm³/mol. The molecule has 5 nitrogen and oxygen atoms in total.